The van der Waals surface area contributed by atoms with E-state index in [-0.39, 0.29) is 11.9 Å². The van der Waals surface area contributed by atoms with Crippen LogP contribution >= 0.6 is 11.3 Å². The Bertz CT molecular complexity index is 708. The molecule has 0 radical (unpaired) electrons. The van der Waals surface area contributed by atoms with Gasteiger partial charge in [0.1, 0.15) is 5.75 Å². The van der Waals surface area contributed by atoms with Gasteiger partial charge in [0.2, 0.25) is 5.88 Å². The molecule has 5 rings (SSSR count). The lowest BCUT2D eigenvalue weighted by Gasteiger charge is -2.49. The number of ether oxygens (including phenoxy) is 1. The molecule has 6 heteroatoms. The average molecular weight is 343 g/mol. The third-order valence-corrected chi connectivity index (χ3v) is 6.04. The molecule has 24 heavy (non-hydrogen) atoms. The van der Waals surface area contributed by atoms with Crippen LogP contribution in [0.4, 0.5) is 0 Å². The average Bonchev–Trinajstić information content (AvgIpc) is 3.08. The Morgan fingerprint density at radius 2 is 2.21 bits per heavy atom. The van der Waals surface area contributed by atoms with Crippen LogP contribution in [0, 0.1) is 5.92 Å². The monoisotopic (exact) mass is 343 g/mol. The van der Waals surface area contributed by atoms with E-state index in [1.807, 2.05) is 17.5 Å². The predicted octanol–water partition coefficient (Wildman–Crippen LogP) is 3.15. The van der Waals surface area contributed by atoms with Crippen molar-refractivity contribution in [1.82, 2.24) is 15.2 Å². The minimum absolute atomic E-state index is 0.00136. The molecular formula is C18H21N3O2S. The van der Waals surface area contributed by atoms with Gasteiger partial charge in [0.05, 0.1) is 4.88 Å². The maximum Gasteiger partial charge on any atom is 0.261 e. The van der Waals surface area contributed by atoms with E-state index in [0.717, 1.165) is 0 Å². The zero-order valence-electron chi connectivity index (χ0n) is 13.6. The van der Waals surface area contributed by atoms with Gasteiger partial charge >= 0.3 is 0 Å². The highest BCUT2D eigenvalue weighted by atomic mass is 32.1. The number of thiophene rings is 1. The summed E-state index contributed by atoms with van der Waals surface area (Å²) < 4.78 is 5.68. The molecule has 3 aliphatic heterocycles. The minimum atomic E-state index is 0.00136. The zero-order chi connectivity index (χ0) is 16.5. The van der Waals surface area contributed by atoms with Crippen LogP contribution in [0.25, 0.3) is 0 Å². The fourth-order valence-electron chi connectivity index (χ4n) is 3.79. The second kappa shape index (κ2) is 6.53. The van der Waals surface area contributed by atoms with Crippen LogP contribution in [0.1, 0.15) is 29.4 Å². The fraction of sp³-hybridized carbons (Fsp3) is 0.444. The molecule has 3 saturated heterocycles. The molecule has 0 spiro atoms. The molecule has 3 fully saturated rings. The molecule has 3 aliphatic rings. The number of nitrogens with one attached hydrogen (secondary N) is 1. The fourth-order valence-corrected chi connectivity index (χ4v) is 4.50. The van der Waals surface area contributed by atoms with Crippen LogP contribution in [-0.4, -0.2) is 41.0 Å². The number of nitrogens with zero attached hydrogens (tertiary/aromatic N) is 2. The second-order valence-electron chi connectivity index (χ2n) is 6.53. The number of hydrogen-bond acceptors (Lipinski definition) is 5. The zero-order valence-corrected chi connectivity index (χ0v) is 14.5. The lowest BCUT2D eigenvalue weighted by atomic mass is 9.79. The summed E-state index contributed by atoms with van der Waals surface area (Å²) in [4.78, 5) is 19.9. The topological polar surface area (TPSA) is 54.5 Å². The van der Waals surface area contributed by atoms with Crippen LogP contribution < -0.4 is 10.1 Å². The smallest absolute Gasteiger partial charge is 0.261 e. The number of amides is 1. The van der Waals surface area contributed by atoms with Crippen LogP contribution in [0.5, 0.6) is 11.6 Å². The maximum absolute atomic E-state index is 12.6. The number of pyridine rings is 1. The first-order valence-electron chi connectivity index (χ1n) is 8.43. The lowest BCUT2D eigenvalue weighted by molar-refractivity contribution is 0.0218. The molecule has 2 aromatic heterocycles. The van der Waals surface area contributed by atoms with Gasteiger partial charge in [-0.25, -0.2) is 4.98 Å². The number of carbonyl (C=O) groups is 1. The van der Waals surface area contributed by atoms with Gasteiger partial charge in [-0.2, -0.15) is 0 Å². The molecule has 5 nitrogen and oxygen atoms in total. The highest BCUT2D eigenvalue weighted by molar-refractivity contribution is 7.12. The molecule has 0 aliphatic carbocycles. The van der Waals surface area contributed by atoms with Gasteiger partial charge in [0, 0.05) is 35.8 Å². The third kappa shape index (κ3) is 3.03. The van der Waals surface area contributed by atoms with E-state index >= 15 is 0 Å². The SMILES string of the molecule is C[C@H]1[C@H](NC(=O)c2cc(Oc3ccccn3)cs2)C2CCN1CC2. The van der Waals surface area contributed by atoms with Crippen molar-refractivity contribution in [2.45, 2.75) is 31.8 Å². The molecule has 0 unspecified atom stereocenters. The Morgan fingerprint density at radius 3 is 2.92 bits per heavy atom. The van der Waals surface area contributed by atoms with Crippen molar-refractivity contribution in [2.75, 3.05) is 13.1 Å². The van der Waals surface area contributed by atoms with Crippen LogP contribution in [0.15, 0.2) is 35.8 Å². The molecule has 1 N–H and O–H groups in total. The van der Waals surface area contributed by atoms with Gasteiger partial charge in [-0.05, 0) is 44.8 Å². The Balaban J connectivity index is 1.42. The van der Waals surface area contributed by atoms with E-state index in [1.54, 1.807) is 18.3 Å². The van der Waals surface area contributed by atoms with Crippen LogP contribution in [0.2, 0.25) is 0 Å². The summed E-state index contributed by atoms with van der Waals surface area (Å²) >= 11 is 1.41. The number of carbonyl (C=O) groups excluding carboxylic acids is 1. The largest absolute Gasteiger partial charge is 0.438 e. The van der Waals surface area contributed by atoms with E-state index in [4.69, 9.17) is 4.74 Å². The lowest BCUT2D eigenvalue weighted by Crippen LogP contribution is -2.62. The quantitative estimate of drug-likeness (QED) is 0.926. The molecule has 0 saturated carbocycles. The van der Waals surface area contributed by atoms with E-state index in [1.165, 1.54) is 37.3 Å². The third-order valence-electron chi connectivity index (χ3n) is 5.13. The van der Waals surface area contributed by atoms with Crippen molar-refractivity contribution >= 4 is 17.2 Å². The van der Waals surface area contributed by atoms with Gasteiger partial charge in [-0.1, -0.05) is 6.07 Å². The number of hydrogen-bond donors (Lipinski definition) is 1. The van der Waals surface area contributed by atoms with Crippen LogP contribution in [0.3, 0.4) is 0 Å². The van der Waals surface area contributed by atoms with Crippen molar-refractivity contribution in [3.8, 4) is 11.6 Å². The summed E-state index contributed by atoms with van der Waals surface area (Å²) in [5.74, 6) is 1.80. The van der Waals surface area contributed by atoms with Gasteiger partial charge in [0.15, 0.2) is 0 Å². The summed E-state index contributed by atoms with van der Waals surface area (Å²) in [6, 6.07) is 7.98. The van der Waals surface area contributed by atoms with Gasteiger partial charge in [-0.15, -0.1) is 11.3 Å². The van der Waals surface area contributed by atoms with Crippen molar-refractivity contribution in [3.05, 3.63) is 40.7 Å². The molecule has 2 atom stereocenters. The number of piperidine rings is 3. The molecule has 0 aromatic carbocycles. The van der Waals surface area contributed by atoms with Crippen molar-refractivity contribution < 1.29 is 9.53 Å². The highest BCUT2D eigenvalue weighted by Crippen LogP contribution is 2.33. The maximum atomic E-state index is 12.6. The first-order chi connectivity index (χ1) is 11.7. The van der Waals surface area contributed by atoms with Gasteiger partial charge in [0.25, 0.3) is 5.91 Å². The second-order valence-corrected chi connectivity index (χ2v) is 7.44. The van der Waals surface area contributed by atoms with Crippen molar-refractivity contribution in [2.24, 2.45) is 5.92 Å². The summed E-state index contributed by atoms with van der Waals surface area (Å²) in [6.07, 6.45) is 4.06. The number of rotatable bonds is 4. The first-order valence-corrected chi connectivity index (χ1v) is 9.31. The van der Waals surface area contributed by atoms with E-state index in [0.29, 0.717) is 28.5 Å². The molecule has 126 valence electrons. The normalized spacial score (nSPS) is 28.5. The van der Waals surface area contributed by atoms with Crippen LogP contribution in [-0.2, 0) is 0 Å². The molecule has 1 amide bonds. The highest BCUT2D eigenvalue weighted by Gasteiger charge is 2.40. The molecule has 2 bridgehead atoms. The molecular weight excluding hydrogens is 322 g/mol. The van der Waals surface area contributed by atoms with Crippen molar-refractivity contribution in [3.63, 3.8) is 0 Å². The summed E-state index contributed by atoms with van der Waals surface area (Å²) in [6.45, 7) is 4.55. The summed E-state index contributed by atoms with van der Waals surface area (Å²) in [5, 5.41) is 5.10. The van der Waals surface area contributed by atoms with E-state index in [2.05, 4.69) is 22.1 Å². The van der Waals surface area contributed by atoms with E-state index < -0.39 is 0 Å². The minimum Gasteiger partial charge on any atom is -0.438 e. The Labute approximate surface area is 145 Å². The number of fused-ring (bicyclic) bond motifs is 3. The summed E-state index contributed by atoms with van der Waals surface area (Å²) in [5.41, 5.74) is 0. The standard InChI is InChI=1S/C18H21N3O2S/c1-12-17(13-5-8-21(12)9-6-13)20-18(22)15-10-14(11-24-15)23-16-4-2-3-7-19-16/h2-4,7,10-13,17H,5-6,8-9H2,1H3,(H,20,22)/t12-,17-/m0/s1. The Kier molecular flexibility index (Phi) is 4.24. The molecule has 2 aromatic rings. The van der Waals surface area contributed by atoms with E-state index in [9.17, 15) is 4.79 Å². The van der Waals surface area contributed by atoms with Gasteiger partial charge in [-0.3, -0.25) is 9.69 Å². The predicted molar refractivity (Wildman–Crippen MR) is 93.6 cm³/mol. The first kappa shape index (κ1) is 15.6. The van der Waals surface area contributed by atoms with Crippen molar-refractivity contribution in [1.29, 1.82) is 0 Å². The molecule has 5 heterocycles. The Hall–Kier alpha value is -1.92. The Morgan fingerprint density at radius 1 is 1.38 bits per heavy atom. The summed E-state index contributed by atoms with van der Waals surface area (Å²) in [7, 11) is 0. The van der Waals surface area contributed by atoms with Gasteiger partial charge < -0.3 is 10.1 Å². The number of aromatic nitrogens is 1.